The van der Waals surface area contributed by atoms with Gasteiger partial charge in [-0.2, -0.15) is 4.31 Å². The van der Waals surface area contributed by atoms with Crippen molar-refractivity contribution in [3.05, 3.63) is 29.8 Å². The molecule has 1 saturated carbocycles. The minimum absolute atomic E-state index is 0.0192. The normalized spacial score (nSPS) is 15.2. The molecule has 0 heterocycles. The van der Waals surface area contributed by atoms with E-state index in [1.165, 1.54) is 4.31 Å². The van der Waals surface area contributed by atoms with Gasteiger partial charge in [0.2, 0.25) is 10.0 Å². The molecule has 0 saturated heterocycles. The molecule has 0 aliphatic heterocycles. The van der Waals surface area contributed by atoms with Crippen LogP contribution in [0.1, 0.15) is 31.7 Å². The van der Waals surface area contributed by atoms with Gasteiger partial charge >= 0.3 is 5.97 Å². The maximum absolute atomic E-state index is 12.7. The number of carbonyl (C=O) groups is 1. The zero-order chi connectivity index (χ0) is 15.5. The summed E-state index contributed by atoms with van der Waals surface area (Å²) in [5.74, 6) is -0.359. The Hall–Kier alpha value is -1.40. The Bertz CT molecular complexity index is 591. The van der Waals surface area contributed by atoms with E-state index in [4.69, 9.17) is 4.74 Å². The fraction of sp³-hybridized carbons (Fsp3) is 0.533. The number of aryl methyl sites for hydroxylation is 1. The molecular formula is C15H21NO4S. The first-order valence-corrected chi connectivity index (χ1v) is 8.63. The van der Waals surface area contributed by atoms with Crippen LogP contribution in [0.25, 0.3) is 0 Å². The predicted molar refractivity (Wildman–Crippen MR) is 79.3 cm³/mol. The van der Waals surface area contributed by atoms with Crippen molar-refractivity contribution < 1.29 is 17.9 Å². The van der Waals surface area contributed by atoms with Gasteiger partial charge in [-0.05, 0) is 38.8 Å². The fourth-order valence-corrected chi connectivity index (χ4v) is 3.83. The first-order chi connectivity index (χ1) is 9.95. The van der Waals surface area contributed by atoms with E-state index in [2.05, 4.69) is 0 Å². The minimum Gasteiger partial charge on any atom is -0.466 e. The third kappa shape index (κ3) is 4.04. The van der Waals surface area contributed by atoms with Gasteiger partial charge in [-0.15, -0.1) is 0 Å². The molecule has 1 aliphatic carbocycles. The minimum atomic E-state index is -3.54. The van der Waals surface area contributed by atoms with E-state index in [0.29, 0.717) is 6.61 Å². The molecule has 1 aromatic rings. The Labute approximate surface area is 126 Å². The molecule has 5 nitrogen and oxygen atoms in total. The average Bonchev–Trinajstić information content (AvgIpc) is 3.24. The Kier molecular flexibility index (Phi) is 5.00. The van der Waals surface area contributed by atoms with Gasteiger partial charge in [0.25, 0.3) is 0 Å². The molecule has 21 heavy (non-hydrogen) atoms. The number of rotatable bonds is 7. The van der Waals surface area contributed by atoms with E-state index >= 15 is 0 Å². The van der Waals surface area contributed by atoms with Crippen molar-refractivity contribution >= 4 is 16.0 Å². The molecule has 0 amide bonds. The second-order valence-electron chi connectivity index (χ2n) is 5.22. The van der Waals surface area contributed by atoms with Crippen LogP contribution in [0.15, 0.2) is 29.2 Å². The predicted octanol–water partition coefficient (Wildman–Crippen LogP) is 2.10. The van der Waals surface area contributed by atoms with Gasteiger partial charge in [0.15, 0.2) is 0 Å². The molecule has 0 spiro atoms. The summed E-state index contributed by atoms with van der Waals surface area (Å²) in [6, 6.07) is 6.81. The van der Waals surface area contributed by atoms with Crippen molar-refractivity contribution in [3.8, 4) is 0 Å². The van der Waals surface area contributed by atoms with E-state index in [0.717, 1.165) is 18.4 Å². The molecule has 1 fully saturated rings. The van der Waals surface area contributed by atoms with Gasteiger partial charge in [-0.1, -0.05) is 17.7 Å². The lowest BCUT2D eigenvalue weighted by molar-refractivity contribution is -0.143. The van der Waals surface area contributed by atoms with Gasteiger partial charge in [-0.25, -0.2) is 8.42 Å². The topological polar surface area (TPSA) is 63.7 Å². The standard InChI is InChI=1S/C15H21NO4S/c1-3-20-15(17)10-11-16(13-6-7-13)21(18,19)14-8-4-12(2)5-9-14/h4-5,8-9,13H,3,6-7,10-11H2,1-2H3. The quantitative estimate of drug-likeness (QED) is 0.723. The van der Waals surface area contributed by atoms with Crippen LogP contribution in [0, 0.1) is 6.92 Å². The third-order valence-electron chi connectivity index (χ3n) is 3.42. The molecule has 0 radical (unpaired) electrons. The van der Waals surface area contributed by atoms with Gasteiger partial charge in [-0.3, -0.25) is 4.79 Å². The number of ether oxygens (including phenoxy) is 1. The van der Waals surface area contributed by atoms with Crippen LogP contribution < -0.4 is 0 Å². The smallest absolute Gasteiger partial charge is 0.307 e. The van der Waals surface area contributed by atoms with Crippen LogP contribution in [0.2, 0.25) is 0 Å². The number of hydrogen-bond donors (Lipinski definition) is 0. The zero-order valence-corrected chi connectivity index (χ0v) is 13.2. The number of sulfonamides is 1. The van der Waals surface area contributed by atoms with Crippen molar-refractivity contribution in [2.24, 2.45) is 0 Å². The lowest BCUT2D eigenvalue weighted by Crippen LogP contribution is -2.35. The average molecular weight is 311 g/mol. The summed E-state index contributed by atoms with van der Waals surface area (Å²) in [5.41, 5.74) is 1.01. The van der Waals surface area contributed by atoms with Crippen LogP contribution >= 0.6 is 0 Å². The number of nitrogens with zero attached hydrogens (tertiary/aromatic N) is 1. The van der Waals surface area contributed by atoms with Crippen molar-refractivity contribution in [1.82, 2.24) is 4.31 Å². The third-order valence-corrected chi connectivity index (χ3v) is 5.39. The van der Waals surface area contributed by atoms with E-state index in [1.807, 2.05) is 6.92 Å². The Morgan fingerprint density at radius 2 is 1.90 bits per heavy atom. The summed E-state index contributed by atoms with van der Waals surface area (Å²) >= 11 is 0. The molecular weight excluding hydrogens is 290 g/mol. The van der Waals surface area contributed by atoms with Crippen molar-refractivity contribution in [1.29, 1.82) is 0 Å². The summed E-state index contributed by atoms with van der Waals surface area (Å²) in [7, 11) is -3.54. The van der Waals surface area contributed by atoms with Gasteiger partial charge in [0.1, 0.15) is 0 Å². The second-order valence-corrected chi connectivity index (χ2v) is 7.11. The summed E-state index contributed by atoms with van der Waals surface area (Å²) in [6.45, 7) is 4.14. The number of benzene rings is 1. The lowest BCUT2D eigenvalue weighted by atomic mass is 10.2. The lowest BCUT2D eigenvalue weighted by Gasteiger charge is -2.21. The molecule has 0 N–H and O–H groups in total. The highest BCUT2D eigenvalue weighted by Crippen LogP contribution is 2.32. The van der Waals surface area contributed by atoms with Gasteiger partial charge < -0.3 is 4.74 Å². The van der Waals surface area contributed by atoms with Crippen LogP contribution in [0.5, 0.6) is 0 Å². The van der Waals surface area contributed by atoms with Gasteiger partial charge in [0.05, 0.1) is 17.9 Å². The maximum Gasteiger partial charge on any atom is 0.307 e. The first kappa shape index (κ1) is 16.0. The molecule has 1 aromatic carbocycles. The van der Waals surface area contributed by atoms with Crippen LogP contribution in [0.3, 0.4) is 0 Å². The molecule has 0 unspecified atom stereocenters. The van der Waals surface area contributed by atoms with Gasteiger partial charge in [0, 0.05) is 12.6 Å². The SMILES string of the molecule is CCOC(=O)CCN(C1CC1)S(=O)(=O)c1ccc(C)cc1. The highest BCUT2D eigenvalue weighted by molar-refractivity contribution is 7.89. The summed E-state index contributed by atoms with van der Waals surface area (Å²) in [6.07, 6.45) is 1.80. The van der Waals surface area contributed by atoms with E-state index < -0.39 is 10.0 Å². The van der Waals surface area contributed by atoms with E-state index in [1.54, 1.807) is 31.2 Å². The molecule has 2 rings (SSSR count). The van der Waals surface area contributed by atoms with Crippen molar-refractivity contribution in [3.63, 3.8) is 0 Å². The number of hydrogen-bond acceptors (Lipinski definition) is 4. The molecule has 6 heteroatoms. The number of esters is 1. The van der Waals surface area contributed by atoms with Crippen LogP contribution in [-0.2, 0) is 19.6 Å². The summed E-state index contributed by atoms with van der Waals surface area (Å²) < 4.78 is 31.6. The molecule has 1 aliphatic rings. The molecule has 0 aromatic heterocycles. The highest BCUT2D eigenvalue weighted by Gasteiger charge is 2.38. The van der Waals surface area contributed by atoms with Crippen LogP contribution in [0.4, 0.5) is 0 Å². The van der Waals surface area contributed by atoms with Crippen molar-refractivity contribution in [2.75, 3.05) is 13.2 Å². The summed E-state index contributed by atoms with van der Waals surface area (Å²) in [5, 5.41) is 0. The monoisotopic (exact) mass is 311 g/mol. The Morgan fingerprint density at radius 1 is 1.29 bits per heavy atom. The van der Waals surface area contributed by atoms with Crippen LogP contribution in [-0.4, -0.2) is 37.9 Å². The zero-order valence-electron chi connectivity index (χ0n) is 12.4. The maximum atomic E-state index is 12.7. The molecule has 0 bridgehead atoms. The van der Waals surface area contributed by atoms with E-state index in [9.17, 15) is 13.2 Å². The molecule has 0 atom stereocenters. The highest BCUT2D eigenvalue weighted by atomic mass is 32.2. The number of carbonyl (C=O) groups excluding carboxylic acids is 1. The van der Waals surface area contributed by atoms with Crippen molar-refractivity contribution in [2.45, 2.75) is 44.0 Å². The largest absolute Gasteiger partial charge is 0.466 e. The second kappa shape index (κ2) is 6.58. The Morgan fingerprint density at radius 3 is 2.43 bits per heavy atom. The summed E-state index contributed by atoms with van der Waals surface area (Å²) in [4.78, 5) is 11.7. The van der Waals surface area contributed by atoms with E-state index in [-0.39, 0.29) is 29.9 Å². The molecule has 116 valence electrons. The fourth-order valence-electron chi connectivity index (χ4n) is 2.14. The first-order valence-electron chi connectivity index (χ1n) is 7.19. The Balaban J connectivity index is 2.13.